The van der Waals surface area contributed by atoms with Crippen LogP contribution in [0, 0.1) is 24.2 Å². The van der Waals surface area contributed by atoms with Crippen LogP contribution < -0.4 is 20.7 Å². The summed E-state index contributed by atoms with van der Waals surface area (Å²) >= 11 is 6.77. The lowest BCUT2D eigenvalue weighted by molar-refractivity contribution is -0.158. The Kier molecular flexibility index (Phi) is 12.0. The first-order valence-electron chi connectivity index (χ1n) is 18.0. The van der Waals surface area contributed by atoms with Crippen molar-refractivity contribution in [2.75, 3.05) is 31.8 Å². The third kappa shape index (κ3) is 8.51. The molecule has 55 heavy (non-hydrogen) atoms. The number of aryl methyl sites for hydroxylation is 1. The van der Waals surface area contributed by atoms with Gasteiger partial charge in [0.2, 0.25) is 5.91 Å². The SMILES string of the molecule is COc1cc2cc(c1Cl)N(C)C(=O)C[C@H](OC(=O)[C@H](C)N(C)C(=O)c1ccc(N)cc1C)[C@]1(C)O[C@H]1[C@H](C)[C@@H]1C[C@@](O)(NC(=O)O1)[C@H](C=N)/C=C/C=C(\C)C2. The summed E-state index contributed by atoms with van der Waals surface area (Å²) in [4.78, 5) is 57.1. The molecule has 0 saturated carbocycles. The van der Waals surface area contributed by atoms with Crippen LogP contribution in [0.1, 0.15) is 62.0 Å². The molecule has 8 atom stereocenters. The number of hydrogen-bond acceptors (Lipinski definition) is 11. The van der Waals surface area contributed by atoms with E-state index in [2.05, 4.69) is 5.32 Å². The van der Waals surface area contributed by atoms with Gasteiger partial charge in [-0.1, -0.05) is 42.3 Å². The zero-order chi connectivity index (χ0) is 40.6. The predicted octanol–water partition coefficient (Wildman–Crippen LogP) is 4.97. The van der Waals surface area contributed by atoms with E-state index in [9.17, 15) is 24.3 Å². The molecule has 5 N–H and O–H groups in total. The minimum atomic E-state index is -1.86. The van der Waals surface area contributed by atoms with E-state index < -0.39 is 71.4 Å². The summed E-state index contributed by atoms with van der Waals surface area (Å²) in [6, 6.07) is 7.34. The van der Waals surface area contributed by atoms with E-state index in [4.69, 9.17) is 41.7 Å². The molecular formula is C40H50ClN5O9. The lowest BCUT2D eigenvalue weighted by Gasteiger charge is -2.41. The summed E-state index contributed by atoms with van der Waals surface area (Å²) in [6.45, 7) is 8.65. The molecule has 3 aliphatic rings. The number of carbonyl (C=O) groups excluding carboxylic acids is 4. The Morgan fingerprint density at radius 1 is 1.24 bits per heavy atom. The number of nitrogen functional groups attached to an aromatic ring is 1. The van der Waals surface area contributed by atoms with Gasteiger partial charge in [0.05, 0.1) is 31.2 Å². The van der Waals surface area contributed by atoms with Crippen LogP contribution in [0.2, 0.25) is 5.02 Å². The monoisotopic (exact) mass is 779 g/mol. The second-order valence-electron chi connectivity index (χ2n) is 14.9. The first-order chi connectivity index (χ1) is 25.8. The van der Waals surface area contributed by atoms with Crippen molar-refractivity contribution in [1.29, 1.82) is 5.41 Å². The van der Waals surface area contributed by atoms with Crippen molar-refractivity contribution in [3.05, 3.63) is 75.8 Å². The highest BCUT2D eigenvalue weighted by Crippen LogP contribution is 2.49. The average Bonchev–Trinajstić information content (AvgIpc) is 3.83. The number of allylic oxidation sites excluding steroid dienone is 3. The van der Waals surface area contributed by atoms with Crippen molar-refractivity contribution < 1.29 is 43.2 Å². The number of halogens is 1. The van der Waals surface area contributed by atoms with Gasteiger partial charge in [-0.2, -0.15) is 0 Å². The first kappa shape index (κ1) is 41.2. The molecule has 0 spiro atoms. The molecule has 0 unspecified atom stereocenters. The number of nitrogens with one attached hydrogen (secondary N) is 2. The molecule has 3 amide bonds. The molecule has 2 saturated heterocycles. The number of rotatable bonds is 6. The number of ether oxygens (including phenoxy) is 4. The molecule has 296 valence electrons. The predicted molar refractivity (Wildman–Crippen MR) is 207 cm³/mol. The lowest BCUT2D eigenvalue weighted by atomic mass is 9.81. The van der Waals surface area contributed by atoms with Crippen molar-refractivity contribution in [2.45, 2.75) is 89.6 Å². The second kappa shape index (κ2) is 16.0. The molecule has 2 aromatic rings. The lowest BCUT2D eigenvalue weighted by Crippen LogP contribution is -2.61. The molecule has 2 aromatic carbocycles. The highest BCUT2D eigenvalue weighted by molar-refractivity contribution is 6.35. The number of esters is 1. The normalized spacial score (nSPS) is 30.3. The Labute approximate surface area is 326 Å². The highest BCUT2D eigenvalue weighted by atomic mass is 35.5. The van der Waals surface area contributed by atoms with Gasteiger partial charge in [-0.25, -0.2) is 9.59 Å². The van der Waals surface area contributed by atoms with Crippen LogP contribution in [0.15, 0.2) is 54.1 Å². The number of benzene rings is 2. The highest BCUT2D eigenvalue weighted by Gasteiger charge is 2.64. The fourth-order valence-corrected chi connectivity index (χ4v) is 7.58. The van der Waals surface area contributed by atoms with Crippen molar-refractivity contribution in [3.8, 4) is 5.75 Å². The summed E-state index contributed by atoms with van der Waals surface area (Å²) in [6.07, 6.45) is 2.59. The molecule has 2 fully saturated rings. The minimum Gasteiger partial charge on any atom is -0.495 e. The van der Waals surface area contributed by atoms with Crippen molar-refractivity contribution >= 4 is 53.1 Å². The molecule has 3 heterocycles. The largest absolute Gasteiger partial charge is 0.495 e. The van der Waals surface area contributed by atoms with Gasteiger partial charge in [0.15, 0.2) is 5.72 Å². The molecular weight excluding hydrogens is 730 g/mol. The number of amides is 3. The quantitative estimate of drug-likeness (QED) is 0.135. The first-order valence-corrected chi connectivity index (χ1v) is 18.4. The third-order valence-electron chi connectivity index (χ3n) is 11.0. The van der Waals surface area contributed by atoms with E-state index in [0.717, 1.165) is 17.4 Å². The molecule has 0 aromatic heterocycles. The number of anilines is 2. The number of nitrogens with zero attached hydrogens (tertiary/aromatic N) is 2. The zero-order valence-electron chi connectivity index (χ0n) is 32.3. The van der Waals surface area contributed by atoms with E-state index in [0.29, 0.717) is 34.7 Å². The number of hydrogen-bond donors (Lipinski definition) is 4. The van der Waals surface area contributed by atoms with Crippen molar-refractivity contribution in [3.63, 3.8) is 0 Å². The van der Waals surface area contributed by atoms with E-state index in [1.165, 1.54) is 30.9 Å². The summed E-state index contributed by atoms with van der Waals surface area (Å²) in [7, 11) is 4.52. The van der Waals surface area contributed by atoms with Crippen LogP contribution in [-0.2, 0) is 30.2 Å². The number of alkyl carbamates (subject to hydrolysis) is 1. The molecule has 0 radical (unpaired) electrons. The second-order valence-corrected chi connectivity index (χ2v) is 15.3. The molecule has 4 bridgehead atoms. The summed E-state index contributed by atoms with van der Waals surface area (Å²) < 4.78 is 23.6. The van der Waals surface area contributed by atoms with Gasteiger partial charge < -0.3 is 45.0 Å². The maximum atomic E-state index is 14.2. The summed E-state index contributed by atoms with van der Waals surface area (Å²) in [5.74, 6) is -2.79. The Hall–Kier alpha value is -4.92. The maximum absolute atomic E-state index is 14.2. The van der Waals surface area contributed by atoms with Crippen molar-refractivity contribution in [2.24, 2.45) is 11.8 Å². The van der Waals surface area contributed by atoms with Gasteiger partial charge in [-0.15, -0.1) is 0 Å². The maximum Gasteiger partial charge on any atom is 0.409 e. The molecule has 5 rings (SSSR count). The van der Waals surface area contributed by atoms with E-state index in [1.807, 2.05) is 13.0 Å². The van der Waals surface area contributed by atoms with Crippen molar-refractivity contribution in [1.82, 2.24) is 10.2 Å². The van der Waals surface area contributed by atoms with Gasteiger partial charge in [0, 0.05) is 43.9 Å². The summed E-state index contributed by atoms with van der Waals surface area (Å²) in [5, 5.41) is 22.5. The van der Waals surface area contributed by atoms with Gasteiger partial charge >= 0.3 is 12.1 Å². The Morgan fingerprint density at radius 3 is 2.60 bits per heavy atom. The number of carbonyl (C=O) groups is 4. The fourth-order valence-electron chi connectivity index (χ4n) is 7.27. The van der Waals surface area contributed by atoms with Crippen LogP contribution >= 0.6 is 11.6 Å². The van der Waals surface area contributed by atoms with Crippen LogP contribution in [0.4, 0.5) is 16.2 Å². The number of epoxide rings is 1. The fraction of sp³-hybridized carbons (Fsp3) is 0.475. The molecule has 14 nitrogen and oxygen atoms in total. The number of methoxy groups -OCH3 is 1. The number of fused-ring (bicyclic) bond motifs is 5. The number of aliphatic hydroxyl groups is 1. The van der Waals surface area contributed by atoms with Crippen LogP contribution in [-0.4, -0.2) is 97.0 Å². The van der Waals surface area contributed by atoms with Gasteiger partial charge in [0.25, 0.3) is 5.91 Å². The summed E-state index contributed by atoms with van der Waals surface area (Å²) in [5.41, 5.74) is 6.31. The van der Waals surface area contributed by atoms with Crippen LogP contribution in [0.3, 0.4) is 0 Å². The molecule has 3 aliphatic heterocycles. The number of nitrogens with two attached hydrogens (primary N) is 1. The third-order valence-corrected chi connectivity index (χ3v) is 11.4. The molecule has 0 aliphatic carbocycles. The van der Waals surface area contributed by atoms with E-state index in [1.54, 1.807) is 70.3 Å². The minimum absolute atomic E-state index is 0.0896. The van der Waals surface area contributed by atoms with E-state index in [-0.39, 0.29) is 17.9 Å². The standard InChI is InChI=1S/C40H50ClN5O9/c1-21-10-9-11-26(20-42)40(51)19-31(53-38(50)44-40)23(3)35-39(5,55-35)32(18-33(47)46(7)29-16-25(14-21)17-30(52-8)34(29)41)54-37(49)24(4)45(6)36(48)28-13-12-27(43)15-22(28)2/h9-13,15-17,20,23-24,26,31-32,35,42,51H,14,18-19,43H2,1-8H3,(H,44,50)/b11-9+,21-10+,42-20?/t23-,24+,26+,31+,32+,35+,39+,40+/m1/s1. The number of likely N-dealkylation sites (N-methyl/N-ethyl adjacent to an activating group) is 1. The Morgan fingerprint density at radius 2 is 1.95 bits per heavy atom. The van der Waals surface area contributed by atoms with Gasteiger partial charge in [-0.3, -0.25) is 14.9 Å². The zero-order valence-corrected chi connectivity index (χ0v) is 33.1. The molecule has 15 heteroatoms. The van der Waals surface area contributed by atoms with Gasteiger partial charge in [0.1, 0.15) is 34.6 Å². The van der Waals surface area contributed by atoms with Crippen LogP contribution in [0.5, 0.6) is 5.75 Å². The smallest absolute Gasteiger partial charge is 0.409 e. The van der Waals surface area contributed by atoms with Crippen LogP contribution in [0.25, 0.3) is 0 Å². The van der Waals surface area contributed by atoms with E-state index >= 15 is 0 Å². The average molecular weight is 780 g/mol. The van der Waals surface area contributed by atoms with Gasteiger partial charge in [-0.05, 0) is 75.6 Å². The Balaban J connectivity index is 1.53. The topological polar surface area (TPSA) is 197 Å². The Bertz CT molecular complexity index is 1940.